The second kappa shape index (κ2) is 10.5. The zero-order chi connectivity index (χ0) is 13.1. The summed E-state index contributed by atoms with van der Waals surface area (Å²) in [6, 6.07) is 0. The number of hydrogen-bond acceptors (Lipinski definition) is 3. The van der Waals surface area contributed by atoms with Crippen LogP contribution >= 0.6 is 15.9 Å². The van der Waals surface area contributed by atoms with Gasteiger partial charge in [-0.3, -0.25) is 0 Å². The molecule has 0 spiro atoms. The highest BCUT2D eigenvalue weighted by Gasteiger charge is 2.47. The third-order valence-electron chi connectivity index (χ3n) is 2.48. The van der Waals surface area contributed by atoms with Crippen LogP contribution in [-0.2, 0) is 13.3 Å². The summed E-state index contributed by atoms with van der Waals surface area (Å²) in [5.74, 6) is 0. The van der Waals surface area contributed by atoms with E-state index in [1.165, 1.54) is 19.3 Å². The third-order valence-corrected chi connectivity index (χ3v) is 7.75. The smallest absolute Gasteiger partial charge is 0.373 e. The number of hydrogen-bond donors (Lipinski definition) is 0. The fraction of sp³-hybridized carbons (Fsp3) is 1.00. The van der Waals surface area contributed by atoms with Gasteiger partial charge in [-0.05, 0) is 27.2 Å². The van der Waals surface area contributed by atoms with Crippen molar-refractivity contribution < 1.29 is 13.3 Å². The van der Waals surface area contributed by atoms with E-state index in [-0.39, 0.29) is 4.45 Å². The van der Waals surface area contributed by atoms with Crippen molar-refractivity contribution in [1.82, 2.24) is 0 Å². The average Bonchev–Trinajstić information content (AvgIpc) is 2.30. The van der Waals surface area contributed by atoms with Crippen LogP contribution < -0.4 is 0 Å². The first-order valence-electron chi connectivity index (χ1n) is 6.72. The van der Waals surface area contributed by atoms with Gasteiger partial charge in [0, 0.05) is 19.8 Å². The first-order chi connectivity index (χ1) is 8.16. The Labute approximate surface area is 116 Å². The highest BCUT2D eigenvalue weighted by atomic mass is 79.9. The van der Waals surface area contributed by atoms with E-state index in [9.17, 15) is 0 Å². The van der Waals surface area contributed by atoms with Crippen molar-refractivity contribution in [2.45, 2.75) is 57.8 Å². The van der Waals surface area contributed by atoms with Crippen molar-refractivity contribution in [3.05, 3.63) is 0 Å². The molecule has 0 radical (unpaired) electrons. The Hall–Kier alpha value is 0.577. The molecule has 0 N–H and O–H groups in total. The molecule has 0 aromatic heterocycles. The minimum absolute atomic E-state index is 0.210. The lowest BCUT2D eigenvalue weighted by molar-refractivity contribution is 0.0692. The first-order valence-corrected chi connectivity index (χ1v) is 9.44. The van der Waals surface area contributed by atoms with Gasteiger partial charge in [-0.15, -0.1) is 0 Å². The maximum absolute atomic E-state index is 5.85. The Morgan fingerprint density at radius 2 is 1.35 bits per heavy atom. The molecule has 0 amide bonds. The van der Waals surface area contributed by atoms with Gasteiger partial charge in [0.1, 0.15) is 0 Å². The van der Waals surface area contributed by atoms with Crippen LogP contribution in [0.4, 0.5) is 0 Å². The van der Waals surface area contributed by atoms with E-state index in [2.05, 4.69) is 22.9 Å². The van der Waals surface area contributed by atoms with Crippen LogP contribution in [0.3, 0.4) is 0 Å². The van der Waals surface area contributed by atoms with E-state index in [4.69, 9.17) is 13.3 Å². The maximum Gasteiger partial charge on any atom is 0.515 e. The number of rotatable bonds is 11. The summed E-state index contributed by atoms with van der Waals surface area (Å²) < 4.78 is 17.8. The van der Waals surface area contributed by atoms with Crippen LogP contribution in [0.5, 0.6) is 0 Å². The summed E-state index contributed by atoms with van der Waals surface area (Å²) in [5.41, 5.74) is 0. The Bertz CT molecular complexity index is 164. The number of alkyl halides is 1. The molecule has 0 bridgehead atoms. The fourth-order valence-corrected chi connectivity index (χ4v) is 5.82. The minimum Gasteiger partial charge on any atom is -0.373 e. The molecule has 0 aromatic rings. The fourth-order valence-electron chi connectivity index (χ4n) is 1.75. The molecule has 0 aliphatic rings. The first kappa shape index (κ1) is 17.6. The zero-order valence-electron chi connectivity index (χ0n) is 11.6. The summed E-state index contributed by atoms with van der Waals surface area (Å²) >= 11 is 3.72. The summed E-state index contributed by atoms with van der Waals surface area (Å²) in [6.07, 6.45) is 4.72. The van der Waals surface area contributed by atoms with Gasteiger partial charge in [0.25, 0.3) is 0 Å². The Morgan fingerprint density at radius 3 is 1.71 bits per heavy atom. The van der Waals surface area contributed by atoms with Gasteiger partial charge in [-0.2, -0.15) is 0 Å². The lowest BCUT2D eigenvalue weighted by Crippen LogP contribution is -2.54. The number of halogens is 1. The Morgan fingerprint density at radius 1 is 0.882 bits per heavy atom. The van der Waals surface area contributed by atoms with Gasteiger partial charge in [0.05, 0.1) is 4.45 Å². The second-order valence-corrected chi connectivity index (χ2v) is 8.59. The van der Waals surface area contributed by atoms with Gasteiger partial charge in [-0.25, -0.2) is 0 Å². The van der Waals surface area contributed by atoms with E-state index in [1.807, 2.05) is 20.8 Å². The lowest BCUT2D eigenvalue weighted by Gasteiger charge is -2.32. The molecule has 0 saturated carbocycles. The van der Waals surface area contributed by atoms with E-state index < -0.39 is 8.80 Å². The summed E-state index contributed by atoms with van der Waals surface area (Å²) in [7, 11) is -2.53. The van der Waals surface area contributed by atoms with Crippen LogP contribution in [0.15, 0.2) is 0 Å². The molecule has 0 saturated heterocycles. The van der Waals surface area contributed by atoms with Gasteiger partial charge >= 0.3 is 8.80 Å². The summed E-state index contributed by atoms with van der Waals surface area (Å²) in [6.45, 7) is 10.1. The standard InChI is InChI=1S/C12H27BrO3Si/c1-5-9-10-11-12(13)17(14-6-2,15-7-3)16-8-4/h12H,5-11H2,1-4H3. The molecule has 0 aliphatic carbocycles. The van der Waals surface area contributed by atoms with Crippen LogP contribution in [0.25, 0.3) is 0 Å². The molecule has 1 atom stereocenters. The molecule has 5 heteroatoms. The molecule has 104 valence electrons. The largest absolute Gasteiger partial charge is 0.515 e. The quantitative estimate of drug-likeness (QED) is 0.327. The highest BCUT2D eigenvalue weighted by Crippen LogP contribution is 2.26. The van der Waals surface area contributed by atoms with Gasteiger partial charge in [-0.1, -0.05) is 42.1 Å². The Kier molecular flexibility index (Phi) is 10.9. The highest BCUT2D eigenvalue weighted by molar-refractivity contribution is 9.10. The monoisotopic (exact) mass is 326 g/mol. The maximum atomic E-state index is 5.85. The summed E-state index contributed by atoms with van der Waals surface area (Å²) in [5, 5.41) is 0. The topological polar surface area (TPSA) is 27.7 Å². The molecule has 0 fully saturated rings. The van der Waals surface area contributed by atoms with Crippen LogP contribution in [0, 0.1) is 0 Å². The van der Waals surface area contributed by atoms with E-state index in [0.29, 0.717) is 19.8 Å². The van der Waals surface area contributed by atoms with Gasteiger partial charge in [0.15, 0.2) is 0 Å². The molecular weight excluding hydrogens is 300 g/mol. The zero-order valence-corrected chi connectivity index (χ0v) is 14.2. The van der Waals surface area contributed by atoms with Crippen LogP contribution in [0.2, 0.25) is 0 Å². The molecule has 0 aliphatic heterocycles. The van der Waals surface area contributed by atoms with E-state index in [0.717, 1.165) is 6.42 Å². The summed E-state index contributed by atoms with van der Waals surface area (Å²) in [4.78, 5) is 0. The number of unbranched alkanes of at least 4 members (excludes halogenated alkanes) is 2. The van der Waals surface area contributed by atoms with Crippen molar-refractivity contribution in [3.8, 4) is 0 Å². The van der Waals surface area contributed by atoms with Crippen molar-refractivity contribution in [3.63, 3.8) is 0 Å². The minimum atomic E-state index is -2.53. The third kappa shape index (κ3) is 6.34. The lowest BCUT2D eigenvalue weighted by atomic mass is 10.2. The van der Waals surface area contributed by atoms with E-state index >= 15 is 0 Å². The van der Waals surface area contributed by atoms with Gasteiger partial charge in [0.2, 0.25) is 0 Å². The van der Waals surface area contributed by atoms with E-state index in [1.54, 1.807) is 0 Å². The molecule has 0 aromatic carbocycles. The Balaban J connectivity index is 4.48. The predicted octanol–water partition coefficient (Wildman–Crippen LogP) is 3.92. The molecule has 17 heavy (non-hydrogen) atoms. The van der Waals surface area contributed by atoms with Gasteiger partial charge < -0.3 is 13.3 Å². The average molecular weight is 327 g/mol. The molecule has 0 rings (SSSR count). The van der Waals surface area contributed by atoms with Crippen molar-refractivity contribution in [2.75, 3.05) is 19.8 Å². The SMILES string of the molecule is CCCCCC(Br)[Si](OCC)(OCC)OCC. The van der Waals surface area contributed by atoms with Crippen molar-refractivity contribution >= 4 is 24.7 Å². The van der Waals surface area contributed by atoms with Crippen LogP contribution in [0.1, 0.15) is 53.4 Å². The van der Waals surface area contributed by atoms with Crippen LogP contribution in [-0.4, -0.2) is 33.1 Å². The molecular formula is C12H27BrO3Si. The van der Waals surface area contributed by atoms with Crippen molar-refractivity contribution in [2.24, 2.45) is 0 Å². The second-order valence-electron chi connectivity index (χ2n) is 3.87. The normalized spacial score (nSPS) is 13.9. The predicted molar refractivity (Wildman–Crippen MR) is 77.5 cm³/mol. The molecule has 1 unspecified atom stereocenters. The molecule has 0 heterocycles. The molecule has 3 nitrogen and oxygen atoms in total. The van der Waals surface area contributed by atoms with Crippen molar-refractivity contribution in [1.29, 1.82) is 0 Å².